The third-order valence-corrected chi connectivity index (χ3v) is 6.52. The molecule has 0 saturated heterocycles. The van der Waals surface area contributed by atoms with E-state index in [-0.39, 0.29) is 26.5 Å². The summed E-state index contributed by atoms with van der Waals surface area (Å²) in [5.74, 6) is 0.714. The minimum Gasteiger partial charge on any atom is -0.496 e. The van der Waals surface area contributed by atoms with E-state index in [0.717, 1.165) is 5.56 Å². The summed E-state index contributed by atoms with van der Waals surface area (Å²) >= 11 is 17.9. The Morgan fingerprint density at radius 3 is 2.25 bits per heavy atom. The first-order valence-corrected chi connectivity index (χ1v) is 9.57. The van der Waals surface area contributed by atoms with Crippen LogP contribution >= 0.6 is 34.8 Å². The summed E-state index contributed by atoms with van der Waals surface area (Å²) in [5, 5.41) is 0.272. The van der Waals surface area contributed by atoms with Gasteiger partial charge >= 0.3 is 0 Å². The Labute approximate surface area is 156 Å². The maximum absolute atomic E-state index is 12.7. The van der Waals surface area contributed by atoms with Crippen molar-refractivity contribution in [1.29, 1.82) is 0 Å². The fourth-order valence-electron chi connectivity index (χ4n) is 2.24. The molecule has 0 aromatic heterocycles. The van der Waals surface area contributed by atoms with Gasteiger partial charge in [0.05, 0.1) is 17.2 Å². The lowest BCUT2D eigenvalue weighted by molar-refractivity contribution is 0.406. The summed E-state index contributed by atoms with van der Waals surface area (Å²) in [7, 11) is -0.783. The fraction of sp³-hybridized carbons (Fsp3) is 0.250. The molecule has 0 saturated carbocycles. The molecular formula is C16H16Cl3NO3S. The lowest BCUT2D eigenvalue weighted by Gasteiger charge is -2.19. The van der Waals surface area contributed by atoms with Crippen LogP contribution in [0.3, 0.4) is 0 Å². The van der Waals surface area contributed by atoms with E-state index in [4.69, 9.17) is 39.5 Å². The second-order valence-corrected chi connectivity index (χ2v) is 8.32. The zero-order chi connectivity index (χ0) is 17.9. The van der Waals surface area contributed by atoms with Gasteiger partial charge in [-0.1, -0.05) is 53.0 Å². The van der Waals surface area contributed by atoms with Gasteiger partial charge < -0.3 is 4.74 Å². The number of ether oxygens (including phenoxy) is 1. The van der Waals surface area contributed by atoms with Gasteiger partial charge in [0.15, 0.2) is 0 Å². The highest BCUT2D eigenvalue weighted by Gasteiger charge is 2.27. The van der Waals surface area contributed by atoms with Crippen LogP contribution < -0.4 is 4.74 Å². The van der Waals surface area contributed by atoms with Gasteiger partial charge in [-0.25, -0.2) is 12.7 Å². The first-order valence-electron chi connectivity index (χ1n) is 7.00. The van der Waals surface area contributed by atoms with Crippen molar-refractivity contribution in [3.05, 3.63) is 57.0 Å². The maximum atomic E-state index is 12.7. The van der Waals surface area contributed by atoms with Gasteiger partial charge in [-0.3, -0.25) is 0 Å². The summed E-state index contributed by atoms with van der Waals surface area (Å²) in [6, 6.07) is 10.2. The van der Waals surface area contributed by atoms with E-state index in [2.05, 4.69) is 0 Å². The lowest BCUT2D eigenvalue weighted by atomic mass is 10.1. The number of benzene rings is 2. The highest BCUT2D eigenvalue weighted by atomic mass is 35.5. The van der Waals surface area contributed by atoms with E-state index >= 15 is 0 Å². The van der Waals surface area contributed by atoms with E-state index in [1.807, 2.05) is 24.3 Å². The molecule has 0 heterocycles. The van der Waals surface area contributed by atoms with E-state index < -0.39 is 10.0 Å². The van der Waals surface area contributed by atoms with Crippen LogP contribution in [0.4, 0.5) is 0 Å². The fourth-order valence-corrected chi connectivity index (χ4v) is 4.89. The summed E-state index contributed by atoms with van der Waals surface area (Å²) < 4.78 is 32.0. The predicted octanol–water partition coefficient (Wildman–Crippen LogP) is 4.52. The minimum absolute atomic E-state index is 0.00311. The molecule has 0 N–H and O–H groups in total. The Bertz CT molecular complexity index is 817. The van der Waals surface area contributed by atoms with Crippen molar-refractivity contribution in [1.82, 2.24) is 4.31 Å². The molecule has 0 radical (unpaired) electrons. The van der Waals surface area contributed by atoms with Crippen LogP contribution in [-0.4, -0.2) is 33.4 Å². The van der Waals surface area contributed by atoms with Crippen molar-refractivity contribution < 1.29 is 13.2 Å². The molecule has 0 spiro atoms. The summed E-state index contributed by atoms with van der Waals surface area (Å²) in [4.78, 5) is -0.141. The standard InChI is InChI=1S/C16H16Cl3NO3S/c1-20(8-7-11-5-3-4-6-15(11)23-2)24(21,22)16-13(18)9-12(17)10-14(16)19/h3-6,9-10H,7-8H2,1-2H3. The number of sulfonamides is 1. The van der Waals surface area contributed by atoms with Crippen LogP contribution in [0.1, 0.15) is 5.56 Å². The topological polar surface area (TPSA) is 46.6 Å². The molecule has 0 bridgehead atoms. The van der Waals surface area contributed by atoms with Crippen molar-refractivity contribution >= 4 is 44.8 Å². The third-order valence-electron chi connectivity index (χ3n) is 3.52. The lowest BCUT2D eigenvalue weighted by Crippen LogP contribution is -2.29. The minimum atomic E-state index is -3.84. The molecular weight excluding hydrogens is 393 g/mol. The second kappa shape index (κ2) is 7.93. The molecule has 0 unspecified atom stereocenters. The maximum Gasteiger partial charge on any atom is 0.245 e. The number of nitrogens with zero attached hydrogens (tertiary/aromatic N) is 1. The van der Waals surface area contributed by atoms with Gasteiger partial charge in [0.1, 0.15) is 10.6 Å². The highest BCUT2D eigenvalue weighted by Crippen LogP contribution is 2.34. The Kier molecular flexibility index (Phi) is 6.39. The predicted molar refractivity (Wildman–Crippen MR) is 98.0 cm³/mol. The van der Waals surface area contributed by atoms with E-state index in [9.17, 15) is 8.42 Å². The molecule has 2 rings (SSSR count). The second-order valence-electron chi connectivity index (χ2n) is 5.09. The molecule has 0 amide bonds. The number of likely N-dealkylation sites (N-methyl/N-ethyl adjacent to an activating group) is 1. The smallest absolute Gasteiger partial charge is 0.245 e. The number of para-hydroxylation sites is 1. The number of rotatable bonds is 6. The van der Waals surface area contributed by atoms with Crippen LogP contribution in [0, 0.1) is 0 Å². The Morgan fingerprint density at radius 2 is 1.67 bits per heavy atom. The Morgan fingerprint density at radius 1 is 1.08 bits per heavy atom. The van der Waals surface area contributed by atoms with Crippen molar-refractivity contribution in [2.75, 3.05) is 20.7 Å². The molecule has 0 fully saturated rings. The van der Waals surface area contributed by atoms with Gasteiger partial charge in [-0.2, -0.15) is 0 Å². The molecule has 2 aromatic rings. The van der Waals surface area contributed by atoms with Crippen LogP contribution in [-0.2, 0) is 16.4 Å². The molecule has 0 aliphatic rings. The molecule has 8 heteroatoms. The van der Waals surface area contributed by atoms with Crippen LogP contribution in [0.2, 0.25) is 15.1 Å². The van der Waals surface area contributed by atoms with Gasteiger partial charge in [0.2, 0.25) is 10.0 Å². The Balaban J connectivity index is 2.24. The SMILES string of the molecule is COc1ccccc1CCN(C)S(=O)(=O)c1c(Cl)cc(Cl)cc1Cl. The number of hydrogen-bond acceptors (Lipinski definition) is 3. The van der Waals surface area contributed by atoms with Gasteiger partial charge in [-0.05, 0) is 30.2 Å². The van der Waals surface area contributed by atoms with E-state index in [1.54, 1.807) is 7.11 Å². The van der Waals surface area contributed by atoms with Gasteiger partial charge in [-0.15, -0.1) is 0 Å². The summed E-state index contributed by atoms with van der Waals surface area (Å²) in [6.45, 7) is 0.248. The summed E-state index contributed by atoms with van der Waals surface area (Å²) in [5.41, 5.74) is 0.912. The van der Waals surface area contributed by atoms with Crippen LogP contribution in [0.25, 0.3) is 0 Å². The molecule has 4 nitrogen and oxygen atoms in total. The molecule has 0 atom stereocenters. The largest absolute Gasteiger partial charge is 0.496 e. The molecule has 2 aromatic carbocycles. The molecule has 24 heavy (non-hydrogen) atoms. The molecule has 0 aliphatic heterocycles. The third kappa shape index (κ3) is 4.16. The monoisotopic (exact) mass is 407 g/mol. The average molecular weight is 409 g/mol. The first-order chi connectivity index (χ1) is 11.3. The number of halogens is 3. The van der Waals surface area contributed by atoms with Crippen molar-refractivity contribution in [2.24, 2.45) is 0 Å². The Hall–Kier alpha value is -0.980. The molecule has 130 valence electrons. The van der Waals surface area contributed by atoms with E-state index in [1.165, 1.54) is 23.5 Å². The van der Waals surface area contributed by atoms with Crippen LogP contribution in [0.15, 0.2) is 41.3 Å². The molecule has 0 aliphatic carbocycles. The average Bonchev–Trinajstić information content (AvgIpc) is 2.51. The quantitative estimate of drug-likeness (QED) is 0.706. The van der Waals surface area contributed by atoms with Gasteiger partial charge in [0, 0.05) is 18.6 Å². The number of methoxy groups -OCH3 is 1. The zero-order valence-electron chi connectivity index (χ0n) is 13.1. The normalized spacial score (nSPS) is 11.8. The van der Waals surface area contributed by atoms with E-state index in [0.29, 0.717) is 12.2 Å². The van der Waals surface area contributed by atoms with Crippen LogP contribution in [0.5, 0.6) is 5.75 Å². The highest BCUT2D eigenvalue weighted by molar-refractivity contribution is 7.89. The first kappa shape index (κ1) is 19.3. The number of hydrogen-bond donors (Lipinski definition) is 0. The van der Waals surface area contributed by atoms with Gasteiger partial charge in [0.25, 0.3) is 0 Å². The van der Waals surface area contributed by atoms with Crippen molar-refractivity contribution in [2.45, 2.75) is 11.3 Å². The summed E-state index contributed by atoms with van der Waals surface area (Å²) in [6.07, 6.45) is 0.489. The van der Waals surface area contributed by atoms with Crippen molar-refractivity contribution in [3.63, 3.8) is 0 Å². The zero-order valence-corrected chi connectivity index (χ0v) is 16.2. The van der Waals surface area contributed by atoms with Crippen molar-refractivity contribution in [3.8, 4) is 5.75 Å².